The van der Waals surface area contributed by atoms with E-state index in [0.717, 1.165) is 43.5 Å². The molecule has 0 aromatic carbocycles. The predicted molar refractivity (Wildman–Crippen MR) is 152 cm³/mol. The number of rotatable bonds is 16. The van der Waals surface area contributed by atoms with Crippen LogP contribution in [0.4, 0.5) is 0 Å². The molecule has 0 bridgehead atoms. The Morgan fingerprint density at radius 1 is 0.927 bits per heavy atom. The van der Waals surface area contributed by atoms with Crippen LogP contribution in [0.3, 0.4) is 0 Å². The van der Waals surface area contributed by atoms with Crippen LogP contribution >= 0.6 is 0 Å². The molecule has 3 heterocycles. The first kappa shape index (κ1) is 31.7. The minimum Gasteiger partial charge on any atom is -0.748 e. The van der Waals surface area contributed by atoms with Crippen LogP contribution < -0.4 is 4.57 Å². The van der Waals surface area contributed by atoms with Gasteiger partial charge in [0.25, 0.3) is 11.8 Å². The van der Waals surface area contributed by atoms with Crippen LogP contribution in [-0.2, 0) is 35.9 Å². The molecule has 0 aliphatic carbocycles. The van der Waals surface area contributed by atoms with Crippen LogP contribution in [-0.4, -0.2) is 53.0 Å². The number of hydroxylamine groups is 2. The molecule has 2 aliphatic rings. The van der Waals surface area contributed by atoms with Gasteiger partial charge in [-0.25, -0.2) is 17.8 Å². The van der Waals surface area contributed by atoms with Gasteiger partial charge in [0.2, 0.25) is 0 Å². The quantitative estimate of drug-likeness (QED) is 0.0948. The average molecular weight is 584 g/mol. The van der Waals surface area contributed by atoms with Gasteiger partial charge in [-0.05, 0) is 49.0 Å². The van der Waals surface area contributed by atoms with E-state index in [1.54, 1.807) is 0 Å². The van der Waals surface area contributed by atoms with Crippen molar-refractivity contribution in [3.8, 4) is 0 Å². The van der Waals surface area contributed by atoms with Gasteiger partial charge >= 0.3 is 5.97 Å². The fourth-order valence-electron chi connectivity index (χ4n) is 4.15. The molecule has 0 radical (unpaired) electrons. The number of unbranched alkanes of at least 4 members (excludes halogenated alkanes) is 4. The van der Waals surface area contributed by atoms with Crippen molar-refractivity contribution in [1.82, 2.24) is 9.96 Å². The second-order valence-corrected chi connectivity index (χ2v) is 11.4. The highest BCUT2D eigenvalue weighted by atomic mass is 32.2. The minimum absolute atomic E-state index is 0.0949. The van der Waals surface area contributed by atoms with Gasteiger partial charge in [0.1, 0.15) is 6.54 Å². The van der Waals surface area contributed by atoms with Gasteiger partial charge in [0.15, 0.2) is 12.4 Å². The smallest absolute Gasteiger partial charge is 0.333 e. The van der Waals surface area contributed by atoms with Crippen molar-refractivity contribution in [3.05, 3.63) is 84.5 Å². The van der Waals surface area contributed by atoms with Crippen molar-refractivity contribution in [2.45, 2.75) is 64.3 Å². The number of carbonyl (C=O) groups is 3. The Morgan fingerprint density at radius 2 is 1.61 bits per heavy atom. The summed E-state index contributed by atoms with van der Waals surface area (Å²) in [6.45, 7) is 1.60. The fraction of sp³-hybridized carbons (Fsp3) is 0.400. The van der Waals surface area contributed by atoms with E-state index in [0.29, 0.717) is 24.3 Å². The average Bonchev–Trinajstić information content (AvgIpc) is 3.25. The van der Waals surface area contributed by atoms with Crippen molar-refractivity contribution in [1.29, 1.82) is 0 Å². The number of hydrogen-bond donors (Lipinski definition) is 0. The molecule has 11 heteroatoms. The van der Waals surface area contributed by atoms with E-state index in [4.69, 9.17) is 4.84 Å². The Kier molecular flexibility index (Phi) is 12.7. The number of aryl methyl sites for hydroxylation is 1. The zero-order chi connectivity index (χ0) is 29.5. The molecule has 0 spiro atoms. The molecule has 0 atom stereocenters. The zero-order valence-corrected chi connectivity index (χ0v) is 23.9. The number of allylic oxidation sites excluding steroid dienone is 7. The maximum Gasteiger partial charge on any atom is 0.333 e. The number of hydrogen-bond acceptors (Lipinski definition) is 8. The largest absolute Gasteiger partial charge is 0.748 e. The molecule has 1 aromatic rings. The highest BCUT2D eigenvalue weighted by Crippen LogP contribution is 2.14. The summed E-state index contributed by atoms with van der Waals surface area (Å²) in [6.07, 6.45) is 26.6. The van der Waals surface area contributed by atoms with Gasteiger partial charge in [-0.1, -0.05) is 36.8 Å². The third-order valence-corrected chi connectivity index (χ3v) is 7.23. The normalized spacial score (nSPS) is 15.6. The first-order valence-corrected chi connectivity index (χ1v) is 15.4. The van der Waals surface area contributed by atoms with E-state index in [1.807, 2.05) is 84.4 Å². The Balaban J connectivity index is 1.27. The highest BCUT2D eigenvalue weighted by molar-refractivity contribution is 7.85. The summed E-state index contributed by atoms with van der Waals surface area (Å²) < 4.78 is 34.0. The molecular formula is C30H37N3O7S. The van der Waals surface area contributed by atoms with E-state index < -0.39 is 27.9 Å². The van der Waals surface area contributed by atoms with E-state index >= 15 is 0 Å². The lowest BCUT2D eigenvalue weighted by atomic mass is 10.1. The number of amides is 2. The van der Waals surface area contributed by atoms with Crippen molar-refractivity contribution in [3.63, 3.8) is 0 Å². The van der Waals surface area contributed by atoms with Crippen LogP contribution in [0.1, 0.15) is 63.4 Å². The Morgan fingerprint density at radius 3 is 2.29 bits per heavy atom. The molecular weight excluding hydrogens is 546 g/mol. The number of carbonyl (C=O) groups excluding carboxylic acids is 3. The standard InChI is InChI=1S/C30H37N3O7S/c34-28-13-14-29(35)33(28)40-30(36)12-6-2-7-19-31-21-15-26(16-22-31)10-4-1-5-11-27-17-23-32(24-18-27)20-8-3-9-25-41(37,38)39/h1,4-5,10-11,15-18,21-24H,2-3,6-9,12-14,19-20,25H2. The Bertz CT molecular complexity index is 1280. The number of aromatic nitrogens is 1. The lowest BCUT2D eigenvalue weighted by Gasteiger charge is -2.18. The monoisotopic (exact) mass is 583 g/mol. The molecule has 3 rings (SSSR count). The molecule has 10 nitrogen and oxygen atoms in total. The van der Waals surface area contributed by atoms with E-state index in [1.165, 1.54) is 0 Å². The molecule has 1 fully saturated rings. The third-order valence-electron chi connectivity index (χ3n) is 6.44. The Hall–Kier alpha value is -3.83. The zero-order valence-electron chi connectivity index (χ0n) is 23.1. The lowest BCUT2D eigenvalue weighted by molar-refractivity contribution is -0.697. The summed E-state index contributed by atoms with van der Waals surface area (Å²) in [4.78, 5) is 41.7. The van der Waals surface area contributed by atoms with Crippen molar-refractivity contribution in [2.24, 2.45) is 0 Å². The molecule has 41 heavy (non-hydrogen) atoms. The first-order valence-electron chi connectivity index (χ1n) is 13.9. The van der Waals surface area contributed by atoms with E-state index in [2.05, 4.69) is 4.57 Å². The van der Waals surface area contributed by atoms with Gasteiger partial charge in [-0.15, -0.1) is 5.06 Å². The van der Waals surface area contributed by atoms with Crippen molar-refractivity contribution < 1.29 is 36.8 Å². The number of imide groups is 1. The molecule has 2 aliphatic heterocycles. The van der Waals surface area contributed by atoms with Crippen LogP contribution in [0.15, 0.2) is 79.0 Å². The summed E-state index contributed by atoms with van der Waals surface area (Å²) in [5.74, 6) is -1.77. The van der Waals surface area contributed by atoms with Crippen LogP contribution in [0.5, 0.6) is 0 Å². The first-order chi connectivity index (χ1) is 19.7. The molecule has 0 unspecified atom stereocenters. The molecule has 1 aromatic heterocycles. The van der Waals surface area contributed by atoms with E-state index in [9.17, 15) is 27.4 Å². The maximum atomic E-state index is 11.8. The van der Waals surface area contributed by atoms with Crippen molar-refractivity contribution >= 4 is 34.0 Å². The summed E-state index contributed by atoms with van der Waals surface area (Å²) in [5, 5.41) is 0.589. The summed E-state index contributed by atoms with van der Waals surface area (Å²) >= 11 is 0. The highest BCUT2D eigenvalue weighted by Gasteiger charge is 2.32. The molecule has 220 valence electrons. The summed E-state index contributed by atoms with van der Waals surface area (Å²) in [7, 11) is -4.12. The maximum absolute atomic E-state index is 11.8. The van der Waals surface area contributed by atoms with Gasteiger partial charge in [0, 0.05) is 62.5 Å². The van der Waals surface area contributed by atoms with Crippen molar-refractivity contribution in [2.75, 3.05) is 12.3 Å². The van der Waals surface area contributed by atoms with Gasteiger partial charge < -0.3 is 14.3 Å². The number of nitrogens with zero attached hydrogens (tertiary/aromatic N) is 3. The predicted octanol–water partition coefficient (Wildman–Crippen LogP) is 3.70. The summed E-state index contributed by atoms with van der Waals surface area (Å²) in [5.41, 5.74) is 2.14. The molecule has 1 saturated heterocycles. The topological polar surface area (TPSA) is 128 Å². The van der Waals surface area contributed by atoms with Crippen LogP contribution in [0, 0.1) is 0 Å². The van der Waals surface area contributed by atoms with E-state index in [-0.39, 0.29) is 25.0 Å². The molecule has 0 N–H and O–H groups in total. The SMILES string of the molecule is O=C(CCCCC[n+]1ccc(/C=C/C=C/C=C2C=CN(CCCCCS(=O)(=O)[O-])C=C2)cc1)ON1C(=O)CCC1=O. The number of pyridine rings is 1. The van der Waals surface area contributed by atoms with Gasteiger partial charge in [-0.3, -0.25) is 9.59 Å². The van der Waals surface area contributed by atoms with Gasteiger partial charge in [0.05, 0.1) is 10.1 Å². The third kappa shape index (κ3) is 12.5. The fourth-order valence-corrected chi connectivity index (χ4v) is 4.71. The van der Waals surface area contributed by atoms with Crippen LogP contribution in [0.25, 0.3) is 6.08 Å². The minimum atomic E-state index is -4.12. The molecule has 0 saturated carbocycles. The second kappa shape index (κ2) is 16.4. The summed E-state index contributed by atoms with van der Waals surface area (Å²) in [6, 6.07) is 4.07. The Labute approximate surface area is 241 Å². The van der Waals surface area contributed by atoms with Gasteiger partial charge in [-0.2, -0.15) is 0 Å². The molecule has 2 amide bonds. The van der Waals surface area contributed by atoms with Crippen LogP contribution in [0.2, 0.25) is 0 Å². The second-order valence-electron chi connectivity index (χ2n) is 9.83. The lowest BCUT2D eigenvalue weighted by Crippen LogP contribution is -2.32.